The average Bonchev–Trinajstić information content (AvgIpc) is 2.15. The number of amides is 1. The van der Waals surface area contributed by atoms with Crippen molar-refractivity contribution in [1.82, 2.24) is 5.32 Å². The summed E-state index contributed by atoms with van der Waals surface area (Å²) in [5, 5.41) is 2.73. The van der Waals surface area contributed by atoms with Crippen LogP contribution < -0.4 is 5.32 Å². The van der Waals surface area contributed by atoms with Gasteiger partial charge >= 0.3 is 0 Å². The van der Waals surface area contributed by atoms with E-state index in [1.165, 1.54) is 6.92 Å². The predicted octanol–water partition coefficient (Wildman–Crippen LogP) is 1.77. The third kappa shape index (κ3) is 2.74. The number of hydrogen-bond acceptors (Lipinski definition) is 1. The van der Waals surface area contributed by atoms with Crippen LogP contribution in [-0.4, -0.2) is 5.91 Å². The Labute approximate surface area is 72.7 Å². The van der Waals surface area contributed by atoms with Crippen molar-refractivity contribution in [2.24, 2.45) is 5.92 Å². The Kier molecular flexibility index (Phi) is 2.86. The van der Waals surface area contributed by atoms with Crippen LogP contribution in [0.3, 0.4) is 0 Å². The van der Waals surface area contributed by atoms with Crippen LogP contribution in [0.15, 0.2) is 36.1 Å². The highest BCUT2D eigenvalue weighted by Gasteiger charge is 1.97. The fourth-order valence-electron chi connectivity index (χ4n) is 0.996. The van der Waals surface area contributed by atoms with Gasteiger partial charge in [-0.25, -0.2) is 0 Å². The van der Waals surface area contributed by atoms with E-state index >= 15 is 0 Å². The van der Waals surface area contributed by atoms with Crippen molar-refractivity contribution in [2.75, 3.05) is 0 Å². The molecule has 1 atom stereocenters. The molecule has 0 radical (unpaired) electrons. The second kappa shape index (κ2) is 3.90. The number of hydrogen-bond donors (Lipinski definition) is 1. The van der Waals surface area contributed by atoms with Crippen molar-refractivity contribution in [1.29, 1.82) is 0 Å². The molecular formula is C10H13NO. The third-order valence-electron chi connectivity index (χ3n) is 1.59. The molecule has 0 aromatic carbocycles. The molecule has 0 heterocycles. The van der Waals surface area contributed by atoms with Gasteiger partial charge in [0.2, 0.25) is 5.91 Å². The highest BCUT2D eigenvalue weighted by molar-refractivity contribution is 5.75. The summed E-state index contributed by atoms with van der Waals surface area (Å²) in [5.74, 6) is 0.404. The van der Waals surface area contributed by atoms with Gasteiger partial charge in [-0.15, -0.1) is 0 Å². The second-order valence-electron chi connectivity index (χ2n) is 2.91. The van der Waals surface area contributed by atoms with E-state index in [2.05, 4.69) is 18.3 Å². The van der Waals surface area contributed by atoms with Crippen LogP contribution in [-0.2, 0) is 4.79 Å². The summed E-state index contributed by atoms with van der Waals surface area (Å²) in [6, 6.07) is 0. The van der Waals surface area contributed by atoms with E-state index < -0.39 is 0 Å². The Balaban J connectivity index is 2.67. The van der Waals surface area contributed by atoms with Gasteiger partial charge in [0.1, 0.15) is 0 Å². The van der Waals surface area contributed by atoms with Gasteiger partial charge in [-0.3, -0.25) is 4.79 Å². The zero-order chi connectivity index (χ0) is 8.97. The van der Waals surface area contributed by atoms with Gasteiger partial charge in [-0.2, -0.15) is 0 Å². The molecule has 0 saturated carbocycles. The molecule has 0 saturated heterocycles. The normalized spacial score (nSPS) is 21.5. The molecule has 0 aromatic rings. The molecule has 0 aromatic heterocycles. The molecule has 2 nitrogen and oxygen atoms in total. The highest BCUT2D eigenvalue weighted by Crippen LogP contribution is 2.07. The van der Waals surface area contributed by atoms with E-state index in [9.17, 15) is 4.79 Å². The van der Waals surface area contributed by atoms with Gasteiger partial charge in [0.25, 0.3) is 0 Å². The zero-order valence-electron chi connectivity index (χ0n) is 7.37. The number of nitrogens with one attached hydrogen (secondary N) is 1. The Morgan fingerprint density at radius 2 is 2.25 bits per heavy atom. The summed E-state index contributed by atoms with van der Waals surface area (Å²) in [6.07, 6.45) is 9.89. The van der Waals surface area contributed by atoms with Crippen LogP contribution in [0.25, 0.3) is 0 Å². The van der Waals surface area contributed by atoms with Gasteiger partial charge in [-0.05, 0) is 18.1 Å². The lowest BCUT2D eigenvalue weighted by molar-refractivity contribution is -0.118. The molecule has 64 valence electrons. The molecule has 2 heteroatoms. The van der Waals surface area contributed by atoms with Gasteiger partial charge in [0.05, 0.1) is 0 Å². The Morgan fingerprint density at radius 3 is 2.92 bits per heavy atom. The molecule has 0 spiro atoms. The molecule has 1 amide bonds. The number of carbonyl (C=O) groups excluding carboxylic acids is 1. The SMILES string of the molecule is CC(=O)NC1=CC=CC(C)C=C1. The first-order valence-electron chi connectivity index (χ1n) is 4.03. The van der Waals surface area contributed by atoms with Gasteiger partial charge < -0.3 is 5.32 Å². The minimum absolute atomic E-state index is 0.0335. The predicted molar refractivity (Wildman–Crippen MR) is 49.3 cm³/mol. The van der Waals surface area contributed by atoms with E-state index in [0.717, 1.165) is 5.70 Å². The molecule has 0 bridgehead atoms. The van der Waals surface area contributed by atoms with Gasteiger partial charge in [-0.1, -0.05) is 25.2 Å². The largest absolute Gasteiger partial charge is 0.326 e. The van der Waals surface area contributed by atoms with E-state index in [-0.39, 0.29) is 5.91 Å². The minimum atomic E-state index is -0.0335. The van der Waals surface area contributed by atoms with Crippen molar-refractivity contribution >= 4 is 5.91 Å². The van der Waals surface area contributed by atoms with Crippen LogP contribution in [0.4, 0.5) is 0 Å². The average molecular weight is 163 g/mol. The zero-order valence-corrected chi connectivity index (χ0v) is 7.37. The topological polar surface area (TPSA) is 29.1 Å². The lowest BCUT2D eigenvalue weighted by Crippen LogP contribution is -2.17. The summed E-state index contributed by atoms with van der Waals surface area (Å²) in [6.45, 7) is 3.60. The molecule has 1 N–H and O–H groups in total. The van der Waals surface area contributed by atoms with Crippen LogP contribution in [0.1, 0.15) is 13.8 Å². The molecule has 12 heavy (non-hydrogen) atoms. The maximum absolute atomic E-state index is 10.7. The summed E-state index contributed by atoms with van der Waals surface area (Å²) in [5.41, 5.74) is 0.850. The van der Waals surface area contributed by atoms with E-state index in [1.54, 1.807) is 0 Å². The van der Waals surface area contributed by atoms with Crippen molar-refractivity contribution in [3.05, 3.63) is 36.1 Å². The molecule has 0 aliphatic heterocycles. The first-order chi connectivity index (χ1) is 5.68. The third-order valence-corrected chi connectivity index (χ3v) is 1.59. The molecule has 1 aliphatic carbocycles. The van der Waals surface area contributed by atoms with Crippen molar-refractivity contribution in [3.63, 3.8) is 0 Å². The van der Waals surface area contributed by atoms with Crippen LogP contribution in [0.2, 0.25) is 0 Å². The van der Waals surface area contributed by atoms with Crippen molar-refractivity contribution in [2.45, 2.75) is 13.8 Å². The maximum Gasteiger partial charge on any atom is 0.221 e. The number of carbonyl (C=O) groups is 1. The standard InChI is InChI=1S/C10H13NO/c1-8-4-3-5-10(7-6-8)11-9(2)12/h3-8H,1-2H3,(H,11,12). The van der Waals surface area contributed by atoms with Gasteiger partial charge in [0.15, 0.2) is 0 Å². The summed E-state index contributed by atoms with van der Waals surface area (Å²) < 4.78 is 0. The Morgan fingerprint density at radius 1 is 1.50 bits per heavy atom. The van der Waals surface area contributed by atoms with Crippen molar-refractivity contribution < 1.29 is 4.79 Å². The lowest BCUT2D eigenvalue weighted by atomic mass is 10.2. The monoisotopic (exact) mass is 163 g/mol. The molecule has 1 unspecified atom stereocenters. The van der Waals surface area contributed by atoms with Crippen LogP contribution in [0.5, 0.6) is 0 Å². The number of allylic oxidation sites excluding steroid dienone is 5. The molecular weight excluding hydrogens is 150 g/mol. The smallest absolute Gasteiger partial charge is 0.221 e. The fraction of sp³-hybridized carbons (Fsp3) is 0.300. The lowest BCUT2D eigenvalue weighted by Gasteiger charge is -1.99. The van der Waals surface area contributed by atoms with E-state index in [1.807, 2.05) is 24.3 Å². The molecule has 1 aliphatic rings. The van der Waals surface area contributed by atoms with E-state index in [0.29, 0.717) is 5.92 Å². The first kappa shape index (κ1) is 8.78. The van der Waals surface area contributed by atoms with E-state index in [4.69, 9.17) is 0 Å². The Bertz CT molecular complexity index is 261. The van der Waals surface area contributed by atoms with Gasteiger partial charge in [0, 0.05) is 12.6 Å². The van der Waals surface area contributed by atoms with Crippen molar-refractivity contribution in [3.8, 4) is 0 Å². The molecule has 0 fully saturated rings. The van der Waals surface area contributed by atoms with Crippen LogP contribution >= 0.6 is 0 Å². The minimum Gasteiger partial charge on any atom is -0.326 e. The Hall–Kier alpha value is -1.31. The summed E-state index contributed by atoms with van der Waals surface area (Å²) >= 11 is 0. The fourth-order valence-corrected chi connectivity index (χ4v) is 0.996. The molecule has 1 rings (SSSR count). The summed E-state index contributed by atoms with van der Waals surface area (Å²) in [4.78, 5) is 10.7. The number of rotatable bonds is 1. The quantitative estimate of drug-likeness (QED) is 0.627. The highest BCUT2D eigenvalue weighted by atomic mass is 16.1. The van der Waals surface area contributed by atoms with Crippen LogP contribution in [0, 0.1) is 5.92 Å². The summed E-state index contributed by atoms with van der Waals surface area (Å²) in [7, 11) is 0. The second-order valence-corrected chi connectivity index (χ2v) is 2.91. The maximum atomic E-state index is 10.7. The first-order valence-corrected chi connectivity index (χ1v) is 4.03.